The largest absolute Gasteiger partial charge is 0.465 e. The van der Waals surface area contributed by atoms with Gasteiger partial charge in [-0.3, -0.25) is 9.78 Å². The zero-order valence-electron chi connectivity index (χ0n) is 10.2. The molecule has 2 N–H and O–H groups in total. The molecule has 2 aromatic heterocycles. The number of pyridine rings is 2. The third-order valence-electron chi connectivity index (χ3n) is 2.49. The second-order valence-corrected chi connectivity index (χ2v) is 3.86. The van der Waals surface area contributed by atoms with Gasteiger partial charge in [0.15, 0.2) is 0 Å². The summed E-state index contributed by atoms with van der Waals surface area (Å²) in [6.07, 6.45) is 0.969. The van der Waals surface area contributed by atoms with E-state index >= 15 is 0 Å². The molecule has 102 valence electrons. The first-order chi connectivity index (χ1) is 9.58. The van der Waals surface area contributed by atoms with Crippen LogP contribution in [0, 0.1) is 5.82 Å². The van der Waals surface area contributed by atoms with E-state index in [0.717, 1.165) is 12.3 Å². The SMILES string of the molecule is O=C(O)NC(C(=O)c1ccc(F)cn1)c1ccccn1. The molecule has 0 aliphatic rings. The number of ketones is 1. The number of hydrogen-bond donors (Lipinski definition) is 2. The molecular formula is C13H10FN3O3. The summed E-state index contributed by atoms with van der Waals surface area (Å²) >= 11 is 0. The number of carbonyl (C=O) groups excluding carboxylic acids is 1. The minimum atomic E-state index is -1.36. The number of nitrogens with zero attached hydrogens (tertiary/aromatic N) is 2. The monoisotopic (exact) mass is 275 g/mol. The number of carbonyl (C=O) groups is 2. The van der Waals surface area contributed by atoms with E-state index in [4.69, 9.17) is 5.11 Å². The molecule has 20 heavy (non-hydrogen) atoms. The van der Waals surface area contributed by atoms with Gasteiger partial charge in [0.25, 0.3) is 0 Å². The zero-order valence-corrected chi connectivity index (χ0v) is 10.2. The third kappa shape index (κ3) is 3.14. The van der Waals surface area contributed by atoms with Gasteiger partial charge < -0.3 is 10.4 Å². The first kappa shape index (κ1) is 13.6. The maximum Gasteiger partial charge on any atom is 0.405 e. The lowest BCUT2D eigenvalue weighted by Crippen LogP contribution is -2.33. The normalized spacial score (nSPS) is 11.7. The molecule has 7 heteroatoms. The molecule has 1 amide bonds. The molecule has 0 aromatic carbocycles. The van der Waals surface area contributed by atoms with E-state index in [1.807, 2.05) is 0 Å². The van der Waals surface area contributed by atoms with Crippen LogP contribution in [0.1, 0.15) is 22.2 Å². The van der Waals surface area contributed by atoms with Crippen molar-refractivity contribution < 1.29 is 19.1 Å². The summed E-state index contributed by atoms with van der Waals surface area (Å²) in [5.74, 6) is -1.19. The Kier molecular flexibility index (Phi) is 3.99. The highest BCUT2D eigenvalue weighted by Crippen LogP contribution is 2.15. The van der Waals surface area contributed by atoms with Crippen molar-refractivity contribution in [1.82, 2.24) is 15.3 Å². The van der Waals surface area contributed by atoms with Gasteiger partial charge in [0.1, 0.15) is 17.6 Å². The predicted molar refractivity (Wildman–Crippen MR) is 66.7 cm³/mol. The fraction of sp³-hybridized carbons (Fsp3) is 0.0769. The highest BCUT2D eigenvalue weighted by Gasteiger charge is 2.25. The van der Waals surface area contributed by atoms with Gasteiger partial charge in [0.05, 0.1) is 11.9 Å². The van der Waals surface area contributed by atoms with Gasteiger partial charge >= 0.3 is 6.09 Å². The molecule has 0 aliphatic carbocycles. The maximum absolute atomic E-state index is 12.8. The minimum absolute atomic E-state index is 0.0456. The lowest BCUT2D eigenvalue weighted by molar-refractivity contribution is 0.0929. The molecule has 2 aromatic rings. The smallest absolute Gasteiger partial charge is 0.405 e. The van der Waals surface area contributed by atoms with Crippen LogP contribution in [0.2, 0.25) is 0 Å². The lowest BCUT2D eigenvalue weighted by atomic mass is 10.1. The number of amides is 1. The molecule has 6 nitrogen and oxygen atoms in total. The molecule has 1 atom stereocenters. The second kappa shape index (κ2) is 5.87. The predicted octanol–water partition coefficient (Wildman–Crippen LogP) is 1.81. The number of halogens is 1. The third-order valence-corrected chi connectivity index (χ3v) is 2.49. The van der Waals surface area contributed by atoms with Crippen molar-refractivity contribution in [2.75, 3.05) is 0 Å². The van der Waals surface area contributed by atoms with E-state index in [9.17, 15) is 14.0 Å². The molecule has 0 saturated carbocycles. The molecule has 0 radical (unpaired) electrons. The van der Waals surface area contributed by atoms with Crippen molar-refractivity contribution in [2.45, 2.75) is 6.04 Å². The van der Waals surface area contributed by atoms with E-state index in [1.54, 1.807) is 12.1 Å². The van der Waals surface area contributed by atoms with Crippen molar-refractivity contribution in [3.8, 4) is 0 Å². The van der Waals surface area contributed by atoms with Crippen molar-refractivity contribution in [3.63, 3.8) is 0 Å². The van der Waals surface area contributed by atoms with Crippen LogP contribution in [0.3, 0.4) is 0 Å². The van der Waals surface area contributed by atoms with Gasteiger partial charge in [-0.2, -0.15) is 0 Å². The number of nitrogens with one attached hydrogen (secondary N) is 1. The topological polar surface area (TPSA) is 92.2 Å². The Morgan fingerprint density at radius 2 is 2.00 bits per heavy atom. The minimum Gasteiger partial charge on any atom is -0.465 e. The van der Waals surface area contributed by atoms with Gasteiger partial charge in [-0.05, 0) is 24.3 Å². The summed E-state index contributed by atoms with van der Waals surface area (Å²) in [4.78, 5) is 30.6. The standard InChI is InChI=1S/C13H10FN3O3/c14-8-4-5-10(16-7-8)12(18)11(17-13(19)20)9-3-1-2-6-15-9/h1-7,11,17H,(H,19,20). The van der Waals surface area contributed by atoms with Gasteiger partial charge in [-0.1, -0.05) is 6.07 Å². The number of Topliss-reactive ketones (excluding diaryl/α,β-unsaturated/α-hetero) is 1. The second-order valence-electron chi connectivity index (χ2n) is 3.86. The Morgan fingerprint density at radius 1 is 1.20 bits per heavy atom. The van der Waals surface area contributed by atoms with Crippen molar-refractivity contribution in [2.24, 2.45) is 0 Å². The van der Waals surface area contributed by atoms with Gasteiger partial charge in [-0.15, -0.1) is 0 Å². The van der Waals surface area contributed by atoms with Gasteiger partial charge in [0.2, 0.25) is 5.78 Å². The average molecular weight is 275 g/mol. The Bertz CT molecular complexity index is 617. The highest BCUT2D eigenvalue weighted by atomic mass is 19.1. The average Bonchev–Trinajstić information content (AvgIpc) is 2.45. The fourth-order valence-electron chi connectivity index (χ4n) is 1.61. The molecule has 2 heterocycles. The molecule has 2 rings (SSSR count). The van der Waals surface area contributed by atoms with Crippen LogP contribution in [-0.4, -0.2) is 27.0 Å². The zero-order chi connectivity index (χ0) is 14.5. The Morgan fingerprint density at radius 3 is 2.55 bits per heavy atom. The van der Waals surface area contributed by atoms with E-state index in [0.29, 0.717) is 0 Å². The van der Waals surface area contributed by atoms with E-state index in [-0.39, 0.29) is 11.4 Å². The van der Waals surface area contributed by atoms with E-state index < -0.39 is 23.7 Å². The van der Waals surface area contributed by atoms with Crippen LogP contribution in [0.15, 0.2) is 42.7 Å². The Hall–Kier alpha value is -2.83. The lowest BCUT2D eigenvalue weighted by Gasteiger charge is -2.14. The van der Waals surface area contributed by atoms with Gasteiger partial charge in [-0.25, -0.2) is 14.2 Å². The molecule has 0 bridgehead atoms. The molecule has 0 spiro atoms. The molecule has 0 aliphatic heterocycles. The van der Waals surface area contributed by atoms with Crippen LogP contribution in [-0.2, 0) is 0 Å². The molecule has 0 fully saturated rings. The maximum atomic E-state index is 12.8. The molecule has 0 saturated heterocycles. The van der Waals surface area contributed by atoms with Crippen molar-refractivity contribution in [3.05, 3.63) is 59.9 Å². The van der Waals surface area contributed by atoms with Crippen LogP contribution in [0.5, 0.6) is 0 Å². The van der Waals surface area contributed by atoms with Gasteiger partial charge in [0, 0.05) is 6.20 Å². The molecular weight excluding hydrogens is 265 g/mol. The fourth-order valence-corrected chi connectivity index (χ4v) is 1.61. The van der Waals surface area contributed by atoms with E-state index in [2.05, 4.69) is 15.3 Å². The summed E-state index contributed by atoms with van der Waals surface area (Å²) < 4.78 is 12.8. The summed E-state index contributed by atoms with van der Waals surface area (Å²) in [5, 5.41) is 10.9. The van der Waals surface area contributed by atoms with Crippen LogP contribution in [0.4, 0.5) is 9.18 Å². The quantitative estimate of drug-likeness (QED) is 0.830. The van der Waals surface area contributed by atoms with Crippen molar-refractivity contribution >= 4 is 11.9 Å². The van der Waals surface area contributed by atoms with E-state index in [1.165, 1.54) is 18.3 Å². The molecule has 1 unspecified atom stereocenters. The number of hydrogen-bond acceptors (Lipinski definition) is 4. The Labute approximate surface area is 113 Å². The first-order valence-corrected chi connectivity index (χ1v) is 5.64. The number of rotatable bonds is 4. The van der Waals surface area contributed by atoms with Crippen LogP contribution < -0.4 is 5.32 Å². The number of carboxylic acid groups (broad SMARTS) is 1. The van der Waals surface area contributed by atoms with Crippen molar-refractivity contribution in [1.29, 1.82) is 0 Å². The summed E-state index contributed by atoms with van der Waals surface area (Å²) in [7, 11) is 0. The summed E-state index contributed by atoms with van der Waals surface area (Å²) in [5.41, 5.74) is 0.196. The summed E-state index contributed by atoms with van der Waals surface area (Å²) in [6.45, 7) is 0. The Balaban J connectivity index is 2.34. The highest BCUT2D eigenvalue weighted by molar-refractivity contribution is 6.00. The van der Waals surface area contributed by atoms with Crippen LogP contribution in [0.25, 0.3) is 0 Å². The first-order valence-electron chi connectivity index (χ1n) is 5.64. The number of aromatic nitrogens is 2. The summed E-state index contributed by atoms with van der Waals surface area (Å²) in [6, 6.07) is 5.87. The van der Waals surface area contributed by atoms with Crippen LogP contribution >= 0.6 is 0 Å².